The first-order valence-corrected chi connectivity index (χ1v) is 10.6. The smallest absolute Gasteiger partial charge is 0.281 e. The number of carbonyl (C=O) groups excluding carboxylic acids is 1. The monoisotopic (exact) mass is 381 g/mol. The topological polar surface area (TPSA) is 69.7 Å². The number of aryl methyl sites for hydroxylation is 2. The summed E-state index contributed by atoms with van der Waals surface area (Å²) in [6.45, 7) is 6.97. The summed E-state index contributed by atoms with van der Waals surface area (Å²) in [6.07, 6.45) is 1.94. The average Bonchev–Trinajstić information content (AvgIpc) is 2.60. The molecule has 1 aromatic rings. The summed E-state index contributed by atoms with van der Waals surface area (Å²) in [5, 5.41) is 3.17. The maximum absolute atomic E-state index is 12.7. The Morgan fingerprint density at radius 2 is 1.88 bits per heavy atom. The number of carbonyl (C=O) groups is 1. The van der Waals surface area contributed by atoms with Crippen molar-refractivity contribution >= 4 is 16.1 Å². The van der Waals surface area contributed by atoms with Crippen LogP contribution in [-0.4, -0.2) is 50.1 Å². The molecule has 26 heavy (non-hydrogen) atoms. The van der Waals surface area contributed by atoms with Crippen LogP contribution in [0.5, 0.6) is 0 Å². The zero-order valence-electron chi connectivity index (χ0n) is 16.4. The largest absolute Gasteiger partial charge is 0.349 e. The van der Waals surface area contributed by atoms with Crippen LogP contribution in [0.2, 0.25) is 0 Å². The maximum atomic E-state index is 12.7. The van der Waals surface area contributed by atoms with Gasteiger partial charge in [-0.15, -0.1) is 0 Å². The van der Waals surface area contributed by atoms with Crippen LogP contribution in [0.15, 0.2) is 18.2 Å². The van der Waals surface area contributed by atoms with E-state index in [1.54, 1.807) is 0 Å². The first-order chi connectivity index (χ1) is 12.2. The fourth-order valence-electron chi connectivity index (χ4n) is 3.49. The summed E-state index contributed by atoms with van der Waals surface area (Å²) < 4.78 is 27.1. The van der Waals surface area contributed by atoms with E-state index in [0.717, 1.165) is 12.0 Å². The second-order valence-corrected chi connectivity index (χ2v) is 9.44. The van der Waals surface area contributed by atoms with Crippen molar-refractivity contribution in [3.8, 4) is 0 Å². The molecule has 1 heterocycles. The summed E-state index contributed by atoms with van der Waals surface area (Å²) in [4.78, 5) is 12.7. The predicted octanol–water partition coefficient (Wildman–Crippen LogP) is 2.39. The van der Waals surface area contributed by atoms with Gasteiger partial charge in [0.15, 0.2) is 0 Å². The Morgan fingerprint density at radius 3 is 2.38 bits per heavy atom. The molecule has 0 bridgehead atoms. The molecule has 6 nitrogen and oxygen atoms in total. The highest BCUT2D eigenvalue weighted by Gasteiger charge is 2.32. The van der Waals surface area contributed by atoms with E-state index >= 15 is 0 Å². The van der Waals surface area contributed by atoms with Crippen LogP contribution in [0.25, 0.3) is 0 Å². The Bertz CT molecular complexity index is 738. The van der Waals surface area contributed by atoms with Crippen LogP contribution in [0, 0.1) is 19.8 Å². The van der Waals surface area contributed by atoms with E-state index in [1.165, 1.54) is 33.8 Å². The normalized spacial score (nSPS) is 18.1. The zero-order chi connectivity index (χ0) is 19.5. The van der Waals surface area contributed by atoms with Crippen molar-refractivity contribution in [2.45, 2.75) is 46.1 Å². The number of hydrogen-bond acceptors (Lipinski definition) is 3. The molecule has 1 aromatic carbocycles. The molecule has 0 aliphatic carbocycles. The molecule has 0 aromatic heterocycles. The van der Waals surface area contributed by atoms with Crippen LogP contribution >= 0.6 is 0 Å². The molecule has 146 valence electrons. The third kappa shape index (κ3) is 4.64. The van der Waals surface area contributed by atoms with E-state index < -0.39 is 10.2 Å². The number of nitrogens with zero attached hydrogens (tertiary/aromatic N) is 2. The second-order valence-electron chi connectivity index (χ2n) is 7.29. The third-order valence-electron chi connectivity index (χ3n) is 5.14. The quantitative estimate of drug-likeness (QED) is 0.823. The summed E-state index contributed by atoms with van der Waals surface area (Å²) >= 11 is 0. The van der Waals surface area contributed by atoms with Gasteiger partial charge in [-0.2, -0.15) is 17.0 Å². The van der Waals surface area contributed by atoms with Gasteiger partial charge in [0, 0.05) is 33.1 Å². The molecule has 0 spiro atoms. The fraction of sp³-hybridized carbons (Fsp3) is 0.632. The lowest BCUT2D eigenvalue weighted by atomic mass is 9.94. The molecule has 1 unspecified atom stereocenters. The van der Waals surface area contributed by atoms with Crippen molar-refractivity contribution < 1.29 is 13.2 Å². The van der Waals surface area contributed by atoms with Crippen LogP contribution in [0.1, 0.15) is 48.9 Å². The van der Waals surface area contributed by atoms with Crippen LogP contribution in [0.4, 0.5) is 0 Å². The average molecular weight is 382 g/mol. The van der Waals surface area contributed by atoms with Crippen molar-refractivity contribution in [3.05, 3.63) is 34.9 Å². The molecule has 2 rings (SSSR count). The molecule has 1 N–H and O–H groups in total. The van der Waals surface area contributed by atoms with Gasteiger partial charge < -0.3 is 5.32 Å². The Hall–Kier alpha value is -1.44. The lowest BCUT2D eigenvalue weighted by molar-refractivity contribution is -0.126. The lowest BCUT2D eigenvalue weighted by Gasteiger charge is -2.33. The van der Waals surface area contributed by atoms with E-state index in [9.17, 15) is 13.2 Å². The van der Waals surface area contributed by atoms with Crippen molar-refractivity contribution in [1.82, 2.24) is 13.9 Å². The Labute approximate surface area is 157 Å². The molecule has 1 aliphatic rings. The van der Waals surface area contributed by atoms with Gasteiger partial charge in [0.2, 0.25) is 5.91 Å². The minimum atomic E-state index is -3.39. The van der Waals surface area contributed by atoms with Gasteiger partial charge >= 0.3 is 0 Å². The Balaban J connectivity index is 2.00. The van der Waals surface area contributed by atoms with Crippen molar-refractivity contribution in [2.75, 3.05) is 27.2 Å². The number of benzene rings is 1. The van der Waals surface area contributed by atoms with Crippen molar-refractivity contribution in [3.63, 3.8) is 0 Å². The minimum Gasteiger partial charge on any atom is -0.349 e. The van der Waals surface area contributed by atoms with E-state index in [4.69, 9.17) is 0 Å². The van der Waals surface area contributed by atoms with Crippen molar-refractivity contribution in [2.24, 2.45) is 5.92 Å². The molecular weight excluding hydrogens is 350 g/mol. The molecule has 1 saturated heterocycles. The molecule has 1 amide bonds. The van der Waals surface area contributed by atoms with Gasteiger partial charge in [-0.25, -0.2) is 0 Å². The summed E-state index contributed by atoms with van der Waals surface area (Å²) in [7, 11) is -0.331. The number of amides is 1. The molecule has 1 fully saturated rings. The van der Waals surface area contributed by atoms with Crippen LogP contribution in [-0.2, 0) is 15.0 Å². The highest BCUT2D eigenvalue weighted by atomic mass is 32.2. The molecule has 0 saturated carbocycles. The molecule has 7 heteroatoms. The van der Waals surface area contributed by atoms with Crippen molar-refractivity contribution in [1.29, 1.82) is 0 Å². The lowest BCUT2D eigenvalue weighted by Crippen LogP contribution is -2.47. The highest BCUT2D eigenvalue weighted by Crippen LogP contribution is 2.25. The Kier molecular flexibility index (Phi) is 6.82. The van der Waals surface area contributed by atoms with Gasteiger partial charge in [-0.1, -0.05) is 30.7 Å². The van der Waals surface area contributed by atoms with Gasteiger partial charge in [0.1, 0.15) is 0 Å². The number of rotatable bonds is 6. The van der Waals surface area contributed by atoms with Gasteiger partial charge in [0.05, 0.1) is 6.04 Å². The van der Waals surface area contributed by atoms with Gasteiger partial charge in [0.25, 0.3) is 10.2 Å². The zero-order valence-corrected chi connectivity index (χ0v) is 17.3. The van der Waals surface area contributed by atoms with E-state index in [0.29, 0.717) is 25.9 Å². The summed E-state index contributed by atoms with van der Waals surface area (Å²) in [5.74, 6) is -0.109. The highest BCUT2D eigenvalue weighted by molar-refractivity contribution is 7.86. The predicted molar refractivity (Wildman–Crippen MR) is 104 cm³/mol. The van der Waals surface area contributed by atoms with Crippen LogP contribution < -0.4 is 5.32 Å². The second kappa shape index (κ2) is 8.50. The molecule has 1 atom stereocenters. The number of hydrogen-bond donors (Lipinski definition) is 1. The van der Waals surface area contributed by atoms with Gasteiger partial charge in [-0.3, -0.25) is 4.79 Å². The Morgan fingerprint density at radius 1 is 1.27 bits per heavy atom. The number of piperidine rings is 1. The maximum Gasteiger partial charge on any atom is 0.281 e. The third-order valence-corrected chi connectivity index (χ3v) is 7.08. The van der Waals surface area contributed by atoms with E-state index in [-0.39, 0.29) is 17.9 Å². The fourth-order valence-corrected chi connectivity index (χ4v) is 4.62. The first-order valence-electron chi connectivity index (χ1n) is 9.22. The first kappa shape index (κ1) is 20.9. The molecule has 1 aliphatic heterocycles. The molecular formula is C19H31N3O3S. The van der Waals surface area contributed by atoms with Gasteiger partial charge in [-0.05, 0) is 44.2 Å². The summed E-state index contributed by atoms with van der Waals surface area (Å²) in [5.41, 5.74) is 3.55. The van der Waals surface area contributed by atoms with E-state index in [2.05, 4.69) is 44.3 Å². The number of nitrogens with one attached hydrogen (secondary N) is 1. The SMILES string of the molecule is CCC(NC(=O)C1CCN(S(=O)(=O)N(C)C)CC1)c1ccc(C)cc1C. The molecule has 0 radical (unpaired) electrons. The minimum absolute atomic E-state index is 0.00774. The summed E-state index contributed by atoms with van der Waals surface area (Å²) in [6, 6.07) is 6.29. The van der Waals surface area contributed by atoms with Crippen LogP contribution in [0.3, 0.4) is 0 Å². The van der Waals surface area contributed by atoms with E-state index in [1.807, 2.05) is 0 Å². The standard InChI is InChI=1S/C19H31N3O3S/c1-6-18(17-8-7-14(2)13-15(17)3)20-19(23)16-9-11-22(12-10-16)26(24,25)21(4)5/h7-8,13,16,18H,6,9-12H2,1-5H3,(H,20,23).